The molecule has 4 rings (SSSR count). The number of nitrogens with one attached hydrogen (secondary N) is 1. The van der Waals surface area contributed by atoms with Crippen LogP contribution in [0, 0.1) is 0 Å². The molecule has 0 aromatic heterocycles. The van der Waals surface area contributed by atoms with E-state index in [4.69, 9.17) is 0 Å². The van der Waals surface area contributed by atoms with Gasteiger partial charge in [0.15, 0.2) is 0 Å². The molecule has 0 amide bonds. The standard InChI is InChI=1S/C18H19NO/c20-18-7-3-6-17(18)19-14-8-9-16-13(11-14)10-12-4-1-2-5-15(12)16/h1-2,4-5,8-9,11,17-20H,3,6-7,10H2/t17-,18-/m0/s1. The Morgan fingerprint density at radius 2 is 1.80 bits per heavy atom. The maximum absolute atomic E-state index is 9.92. The van der Waals surface area contributed by atoms with Crippen molar-refractivity contribution in [1.29, 1.82) is 0 Å². The van der Waals surface area contributed by atoms with Crippen molar-refractivity contribution in [2.45, 2.75) is 37.8 Å². The average Bonchev–Trinajstić information content (AvgIpc) is 3.02. The van der Waals surface area contributed by atoms with E-state index in [1.54, 1.807) is 0 Å². The predicted octanol–water partition coefficient (Wildman–Crippen LogP) is 3.58. The number of aliphatic hydroxyl groups is 1. The van der Waals surface area contributed by atoms with E-state index in [0.29, 0.717) is 0 Å². The van der Waals surface area contributed by atoms with Gasteiger partial charge in [-0.1, -0.05) is 30.3 Å². The lowest BCUT2D eigenvalue weighted by Crippen LogP contribution is -2.27. The molecule has 2 aromatic carbocycles. The molecular weight excluding hydrogens is 246 g/mol. The van der Waals surface area contributed by atoms with Crippen LogP contribution in [0.1, 0.15) is 30.4 Å². The first-order valence-electron chi connectivity index (χ1n) is 7.47. The fourth-order valence-corrected chi connectivity index (χ4v) is 3.56. The van der Waals surface area contributed by atoms with Gasteiger partial charge in [0.2, 0.25) is 0 Å². The Morgan fingerprint density at radius 3 is 2.65 bits per heavy atom. The van der Waals surface area contributed by atoms with Crippen LogP contribution in [-0.4, -0.2) is 17.3 Å². The Labute approximate surface area is 119 Å². The van der Waals surface area contributed by atoms with Crippen molar-refractivity contribution in [3.63, 3.8) is 0 Å². The SMILES string of the molecule is O[C@H]1CCC[C@@H]1Nc1ccc2c(c1)Cc1ccccc1-2. The zero-order chi connectivity index (χ0) is 13.5. The van der Waals surface area contributed by atoms with Crippen molar-refractivity contribution in [1.82, 2.24) is 0 Å². The van der Waals surface area contributed by atoms with Gasteiger partial charge in [0.1, 0.15) is 0 Å². The minimum Gasteiger partial charge on any atom is -0.391 e. The minimum atomic E-state index is -0.194. The second-order valence-electron chi connectivity index (χ2n) is 5.95. The third-order valence-corrected chi connectivity index (χ3v) is 4.63. The molecule has 2 heteroatoms. The molecule has 1 fully saturated rings. The highest BCUT2D eigenvalue weighted by Gasteiger charge is 2.25. The number of aliphatic hydroxyl groups excluding tert-OH is 1. The molecule has 0 aliphatic heterocycles. The van der Waals surface area contributed by atoms with Crippen LogP contribution < -0.4 is 5.32 Å². The molecule has 0 radical (unpaired) electrons. The normalized spacial score (nSPS) is 23.4. The Hall–Kier alpha value is -1.80. The Balaban J connectivity index is 1.62. The minimum absolute atomic E-state index is 0.194. The molecule has 1 saturated carbocycles. The van der Waals surface area contributed by atoms with E-state index in [1.165, 1.54) is 22.3 Å². The van der Waals surface area contributed by atoms with Crippen molar-refractivity contribution >= 4 is 5.69 Å². The molecule has 0 bridgehead atoms. The van der Waals surface area contributed by atoms with Crippen LogP contribution in [0.4, 0.5) is 5.69 Å². The third kappa shape index (κ3) is 1.92. The predicted molar refractivity (Wildman–Crippen MR) is 82.0 cm³/mol. The van der Waals surface area contributed by atoms with E-state index in [1.807, 2.05) is 0 Å². The largest absolute Gasteiger partial charge is 0.391 e. The summed E-state index contributed by atoms with van der Waals surface area (Å²) in [5.41, 5.74) is 6.68. The summed E-state index contributed by atoms with van der Waals surface area (Å²) in [5, 5.41) is 13.4. The van der Waals surface area contributed by atoms with Gasteiger partial charge < -0.3 is 10.4 Å². The van der Waals surface area contributed by atoms with Crippen molar-refractivity contribution < 1.29 is 5.11 Å². The maximum atomic E-state index is 9.92. The van der Waals surface area contributed by atoms with Crippen LogP contribution in [0.25, 0.3) is 11.1 Å². The molecule has 2 N–H and O–H groups in total. The lowest BCUT2D eigenvalue weighted by atomic mass is 10.1. The Bertz CT molecular complexity index is 650. The molecular formula is C18H19NO. The molecule has 0 spiro atoms. The highest BCUT2D eigenvalue weighted by atomic mass is 16.3. The van der Waals surface area contributed by atoms with E-state index in [9.17, 15) is 5.11 Å². The van der Waals surface area contributed by atoms with Gasteiger partial charge in [0.05, 0.1) is 12.1 Å². The molecule has 2 aliphatic carbocycles. The number of anilines is 1. The number of hydrogen-bond donors (Lipinski definition) is 2. The van der Waals surface area contributed by atoms with E-state index < -0.39 is 0 Å². The van der Waals surface area contributed by atoms with Crippen LogP contribution in [0.3, 0.4) is 0 Å². The highest BCUT2D eigenvalue weighted by Crippen LogP contribution is 2.38. The summed E-state index contributed by atoms with van der Waals surface area (Å²) in [6.07, 6.45) is 3.94. The van der Waals surface area contributed by atoms with Crippen LogP contribution in [-0.2, 0) is 6.42 Å². The summed E-state index contributed by atoms with van der Waals surface area (Å²) in [7, 11) is 0. The van der Waals surface area contributed by atoms with Crippen LogP contribution in [0.15, 0.2) is 42.5 Å². The third-order valence-electron chi connectivity index (χ3n) is 4.63. The summed E-state index contributed by atoms with van der Waals surface area (Å²) < 4.78 is 0. The van der Waals surface area contributed by atoms with Crippen molar-refractivity contribution in [3.05, 3.63) is 53.6 Å². The highest BCUT2D eigenvalue weighted by molar-refractivity contribution is 5.78. The summed E-state index contributed by atoms with van der Waals surface area (Å²) >= 11 is 0. The number of rotatable bonds is 2. The zero-order valence-electron chi connectivity index (χ0n) is 11.5. The van der Waals surface area contributed by atoms with Gasteiger partial charge in [-0.15, -0.1) is 0 Å². The fraction of sp³-hybridized carbons (Fsp3) is 0.333. The van der Waals surface area contributed by atoms with E-state index in [2.05, 4.69) is 47.8 Å². The topological polar surface area (TPSA) is 32.3 Å². The molecule has 2 atom stereocenters. The maximum Gasteiger partial charge on any atom is 0.0741 e. The quantitative estimate of drug-likeness (QED) is 0.742. The molecule has 0 saturated heterocycles. The summed E-state index contributed by atoms with van der Waals surface area (Å²) in [5.74, 6) is 0. The van der Waals surface area contributed by atoms with Gasteiger partial charge in [-0.2, -0.15) is 0 Å². The monoisotopic (exact) mass is 265 g/mol. The second-order valence-corrected chi connectivity index (χ2v) is 5.95. The van der Waals surface area contributed by atoms with Crippen molar-refractivity contribution in [3.8, 4) is 11.1 Å². The first-order chi connectivity index (χ1) is 9.81. The summed E-state index contributed by atoms with van der Waals surface area (Å²) in [6.45, 7) is 0. The lowest BCUT2D eigenvalue weighted by molar-refractivity contribution is 0.172. The summed E-state index contributed by atoms with van der Waals surface area (Å²) in [6, 6.07) is 15.5. The van der Waals surface area contributed by atoms with Gasteiger partial charge >= 0.3 is 0 Å². The average molecular weight is 265 g/mol. The molecule has 0 heterocycles. The van der Waals surface area contributed by atoms with Crippen molar-refractivity contribution in [2.75, 3.05) is 5.32 Å². The lowest BCUT2D eigenvalue weighted by Gasteiger charge is -2.18. The Kier molecular flexibility index (Phi) is 2.78. The van der Waals surface area contributed by atoms with Crippen LogP contribution in [0.2, 0.25) is 0 Å². The van der Waals surface area contributed by atoms with Gasteiger partial charge in [-0.3, -0.25) is 0 Å². The number of fused-ring (bicyclic) bond motifs is 3. The van der Waals surface area contributed by atoms with Crippen LogP contribution in [0.5, 0.6) is 0 Å². The Morgan fingerprint density at radius 1 is 0.950 bits per heavy atom. The molecule has 2 nitrogen and oxygen atoms in total. The number of benzene rings is 2. The molecule has 102 valence electrons. The zero-order valence-corrected chi connectivity index (χ0v) is 11.5. The smallest absolute Gasteiger partial charge is 0.0741 e. The van der Waals surface area contributed by atoms with E-state index >= 15 is 0 Å². The first-order valence-corrected chi connectivity index (χ1v) is 7.47. The molecule has 2 aliphatic rings. The molecule has 20 heavy (non-hydrogen) atoms. The van der Waals surface area contributed by atoms with Gasteiger partial charge in [-0.25, -0.2) is 0 Å². The van der Waals surface area contributed by atoms with Crippen molar-refractivity contribution in [2.24, 2.45) is 0 Å². The number of hydrogen-bond acceptors (Lipinski definition) is 2. The van der Waals surface area contributed by atoms with Gasteiger partial charge in [0.25, 0.3) is 0 Å². The summed E-state index contributed by atoms with van der Waals surface area (Å²) in [4.78, 5) is 0. The molecule has 0 unspecified atom stereocenters. The van der Waals surface area contributed by atoms with Gasteiger partial charge in [0, 0.05) is 5.69 Å². The van der Waals surface area contributed by atoms with E-state index in [-0.39, 0.29) is 12.1 Å². The second kappa shape index (κ2) is 4.64. The first kappa shape index (κ1) is 12.0. The van der Waals surface area contributed by atoms with Crippen LogP contribution >= 0.6 is 0 Å². The molecule has 2 aromatic rings. The fourth-order valence-electron chi connectivity index (χ4n) is 3.56. The van der Waals surface area contributed by atoms with Gasteiger partial charge in [-0.05, 0) is 60.1 Å². The van der Waals surface area contributed by atoms with E-state index in [0.717, 1.165) is 31.4 Å².